The maximum atomic E-state index is 11.5. The number of carbonyl (C=O) groups excluding carboxylic acids is 1. The lowest BCUT2D eigenvalue weighted by atomic mass is 10.0. The Kier molecular flexibility index (Phi) is 7.25. The molecule has 0 saturated carbocycles. The van der Waals surface area contributed by atoms with E-state index in [-0.39, 0.29) is 18.2 Å². The molecule has 17 heavy (non-hydrogen) atoms. The third-order valence-corrected chi connectivity index (χ3v) is 3.41. The number of aliphatic hydroxyl groups excluding tert-OH is 1. The Balaban J connectivity index is 2.33. The molecule has 100 valence electrons. The van der Waals surface area contributed by atoms with Gasteiger partial charge in [-0.1, -0.05) is 32.1 Å². The van der Waals surface area contributed by atoms with Crippen molar-refractivity contribution < 1.29 is 14.6 Å². The maximum Gasteiger partial charge on any atom is 0.306 e. The zero-order chi connectivity index (χ0) is 12.5. The summed E-state index contributed by atoms with van der Waals surface area (Å²) in [5, 5.41) is 9.69. The first-order valence-electron chi connectivity index (χ1n) is 7.06. The zero-order valence-electron chi connectivity index (χ0n) is 11.0. The highest BCUT2D eigenvalue weighted by atomic mass is 16.5. The molecule has 1 aliphatic rings. The van der Waals surface area contributed by atoms with E-state index in [9.17, 15) is 9.90 Å². The molecule has 1 rings (SSSR count). The molecular formula is C14H26O3. The topological polar surface area (TPSA) is 46.5 Å². The largest absolute Gasteiger partial charge is 0.463 e. The minimum absolute atomic E-state index is 0.0302. The van der Waals surface area contributed by atoms with Gasteiger partial charge in [0.25, 0.3) is 0 Å². The average molecular weight is 242 g/mol. The molecular weight excluding hydrogens is 216 g/mol. The number of esters is 1. The van der Waals surface area contributed by atoms with E-state index in [2.05, 4.69) is 0 Å². The van der Waals surface area contributed by atoms with Gasteiger partial charge in [-0.2, -0.15) is 0 Å². The summed E-state index contributed by atoms with van der Waals surface area (Å²) in [5.74, 6) is -0.159. The number of hydrogen-bond acceptors (Lipinski definition) is 3. The Morgan fingerprint density at radius 3 is 2.29 bits per heavy atom. The van der Waals surface area contributed by atoms with Crippen LogP contribution >= 0.6 is 0 Å². The van der Waals surface area contributed by atoms with Crippen molar-refractivity contribution in [3.63, 3.8) is 0 Å². The molecule has 3 heteroatoms. The summed E-state index contributed by atoms with van der Waals surface area (Å²) in [6.07, 6.45) is 9.57. The second kappa shape index (κ2) is 8.51. The molecule has 0 aromatic rings. The Hall–Kier alpha value is -0.570. The summed E-state index contributed by atoms with van der Waals surface area (Å²) < 4.78 is 5.29. The van der Waals surface area contributed by atoms with Crippen LogP contribution in [0.4, 0.5) is 0 Å². The summed E-state index contributed by atoms with van der Waals surface area (Å²) in [5.41, 5.74) is 0. The van der Waals surface area contributed by atoms with E-state index in [1.165, 1.54) is 25.7 Å². The molecule has 1 N–H and O–H groups in total. The summed E-state index contributed by atoms with van der Waals surface area (Å²) in [7, 11) is 0. The number of hydrogen-bond donors (Lipinski definition) is 1. The molecule has 0 aromatic carbocycles. The fourth-order valence-electron chi connectivity index (χ4n) is 2.29. The van der Waals surface area contributed by atoms with Gasteiger partial charge < -0.3 is 9.84 Å². The minimum atomic E-state index is -0.333. The van der Waals surface area contributed by atoms with Gasteiger partial charge in [0, 0.05) is 6.42 Å². The third kappa shape index (κ3) is 7.37. The van der Waals surface area contributed by atoms with Crippen molar-refractivity contribution in [2.45, 2.75) is 83.3 Å². The molecule has 0 amide bonds. The highest BCUT2D eigenvalue weighted by Crippen LogP contribution is 2.15. The second-order valence-corrected chi connectivity index (χ2v) is 5.19. The molecule has 1 fully saturated rings. The Morgan fingerprint density at radius 1 is 1.00 bits per heavy atom. The number of cyclic esters (lactones) is 1. The molecule has 1 aliphatic heterocycles. The first-order chi connectivity index (χ1) is 8.18. The van der Waals surface area contributed by atoms with E-state index in [0.717, 1.165) is 25.7 Å². The van der Waals surface area contributed by atoms with Crippen molar-refractivity contribution in [1.29, 1.82) is 0 Å². The van der Waals surface area contributed by atoms with E-state index in [4.69, 9.17) is 4.74 Å². The zero-order valence-corrected chi connectivity index (χ0v) is 11.0. The van der Waals surface area contributed by atoms with Crippen molar-refractivity contribution in [2.75, 3.05) is 0 Å². The maximum absolute atomic E-state index is 11.5. The number of ether oxygens (including phenoxy) is 1. The fraction of sp³-hybridized carbons (Fsp3) is 0.929. The molecule has 0 aromatic heterocycles. The highest BCUT2D eigenvalue weighted by Gasteiger charge is 2.12. The number of aliphatic hydroxyl groups is 1. The molecule has 2 atom stereocenters. The van der Waals surface area contributed by atoms with E-state index in [1.54, 1.807) is 0 Å². The Labute approximate surface area is 105 Å². The van der Waals surface area contributed by atoms with Gasteiger partial charge in [-0.15, -0.1) is 0 Å². The van der Waals surface area contributed by atoms with Crippen molar-refractivity contribution in [3.05, 3.63) is 0 Å². The first-order valence-corrected chi connectivity index (χ1v) is 7.06. The molecule has 1 saturated heterocycles. The lowest BCUT2D eigenvalue weighted by Gasteiger charge is -2.15. The molecule has 1 heterocycles. The fourth-order valence-corrected chi connectivity index (χ4v) is 2.29. The summed E-state index contributed by atoms with van der Waals surface area (Å²) >= 11 is 0. The van der Waals surface area contributed by atoms with Crippen LogP contribution in [0, 0.1) is 0 Å². The molecule has 1 unspecified atom stereocenters. The van der Waals surface area contributed by atoms with E-state index in [1.807, 2.05) is 6.92 Å². The molecule has 0 spiro atoms. The van der Waals surface area contributed by atoms with Crippen LogP contribution in [0.25, 0.3) is 0 Å². The summed E-state index contributed by atoms with van der Waals surface area (Å²) in [4.78, 5) is 11.5. The quantitative estimate of drug-likeness (QED) is 0.664. The molecule has 0 bridgehead atoms. The third-order valence-electron chi connectivity index (χ3n) is 3.41. The van der Waals surface area contributed by atoms with Gasteiger partial charge in [-0.3, -0.25) is 4.79 Å². The van der Waals surface area contributed by atoms with Gasteiger partial charge in [0.05, 0.1) is 12.2 Å². The van der Waals surface area contributed by atoms with Crippen LogP contribution < -0.4 is 0 Å². The normalized spacial score (nSPS) is 30.4. The Morgan fingerprint density at radius 2 is 1.59 bits per heavy atom. The highest BCUT2D eigenvalue weighted by molar-refractivity contribution is 5.69. The molecule has 0 aliphatic carbocycles. The van der Waals surface area contributed by atoms with Crippen molar-refractivity contribution in [3.8, 4) is 0 Å². The monoisotopic (exact) mass is 242 g/mol. The summed E-state index contributed by atoms with van der Waals surface area (Å²) in [6, 6.07) is 0. The van der Waals surface area contributed by atoms with Crippen LogP contribution in [0.15, 0.2) is 0 Å². The minimum Gasteiger partial charge on any atom is -0.463 e. The Bertz CT molecular complexity index is 216. The number of rotatable bonds is 0. The lowest BCUT2D eigenvalue weighted by Crippen LogP contribution is -2.17. The smallest absolute Gasteiger partial charge is 0.306 e. The molecule has 3 nitrogen and oxygen atoms in total. The van der Waals surface area contributed by atoms with Crippen molar-refractivity contribution in [2.24, 2.45) is 0 Å². The van der Waals surface area contributed by atoms with Crippen LogP contribution in [-0.4, -0.2) is 23.3 Å². The first kappa shape index (κ1) is 14.5. The predicted molar refractivity (Wildman–Crippen MR) is 67.7 cm³/mol. The SMILES string of the molecule is CC1CCCCCCCC[C@H](O)CCC(=O)O1. The van der Waals surface area contributed by atoms with Gasteiger partial charge >= 0.3 is 5.97 Å². The van der Waals surface area contributed by atoms with E-state index in [0.29, 0.717) is 12.8 Å². The van der Waals surface area contributed by atoms with Gasteiger partial charge in [0.15, 0.2) is 0 Å². The van der Waals surface area contributed by atoms with Gasteiger partial charge in [-0.25, -0.2) is 0 Å². The standard InChI is InChI=1S/C14H26O3/c1-12-8-6-4-2-3-5-7-9-13(15)10-11-14(16)17-12/h12-13,15H,2-11H2,1H3/t12?,13-/m0/s1. The van der Waals surface area contributed by atoms with E-state index >= 15 is 0 Å². The van der Waals surface area contributed by atoms with Gasteiger partial charge in [-0.05, 0) is 32.6 Å². The van der Waals surface area contributed by atoms with Gasteiger partial charge in [0.1, 0.15) is 0 Å². The predicted octanol–water partition coefficient (Wildman–Crippen LogP) is 3.19. The van der Waals surface area contributed by atoms with Crippen LogP contribution in [0.5, 0.6) is 0 Å². The average Bonchev–Trinajstić information content (AvgIpc) is 2.29. The summed E-state index contributed by atoms with van der Waals surface area (Å²) in [6.45, 7) is 1.96. The van der Waals surface area contributed by atoms with Crippen LogP contribution in [0.3, 0.4) is 0 Å². The van der Waals surface area contributed by atoms with Crippen molar-refractivity contribution >= 4 is 5.97 Å². The van der Waals surface area contributed by atoms with Gasteiger partial charge in [0.2, 0.25) is 0 Å². The lowest BCUT2D eigenvalue weighted by molar-refractivity contribution is -0.149. The van der Waals surface area contributed by atoms with E-state index < -0.39 is 0 Å². The number of carbonyl (C=O) groups is 1. The van der Waals surface area contributed by atoms with Crippen LogP contribution in [0.1, 0.15) is 71.1 Å². The van der Waals surface area contributed by atoms with Crippen LogP contribution in [-0.2, 0) is 9.53 Å². The second-order valence-electron chi connectivity index (χ2n) is 5.19. The van der Waals surface area contributed by atoms with Crippen molar-refractivity contribution in [1.82, 2.24) is 0 Å². The molecule has 0 radical (unpaired) electrons. The van der Waals surface area contributed by atoms with Crippen LogP contribution in [0.2, 0.25) is 0 Å².